The van der Waals surface area contributed by atoms with Crippen LogP contribution >= 0.6 is 0 Å². The summed E-state index contributed by atoms with van der Waals surface area (Å²) in [7, 11) is 1.64. The molecule has 0 saturated heterocycles. The molecule has 0 bridgehead atoms. The molecular weight excluding hydrogens is 256 g/mol. The van der Waals surface area contributed by atoms with Crippen LogP contribution in [0.4, 0.5) is 5.82 Å². The molecule has 20 heavy (non-hydrogen) atoms. The molecule has 0 spiro atoms. The number of aromatic nitrogens is 1. The summed E-state index contributed by atoms with van der Waals surface area (Å²) < 4.78 is 5.12. The summed E-state index contributed by atoms with van der Waals surface area (Å²) in [5.41, 5.74) is 2.98. The van der Waals surface area contributed by atoms with Crippen LogP contribution in [0.15, 0.2) is 18.3 Å². The van der Waals surface area contributed by atoms with Crippen LogP contribution in [0.5, 0.6) is 0 Å². The molecule has 0 aliphatic heterocycles. The lowest BCUT2D eigenvalue weighted by Gasteiger charge is -2.29. The molecule has 1 atom stereocenters. The largest absolute Gasteiger partial charge is 0.383 e. The SMILES string of the molecule is COCCN(C(=O)c1cccnc1NN)C(C)C1CC1. The third kappa shape index (κ3) is 3.26. The molecule has 1 aromatic rings. The summed E-state index contributed by atoms with van der Waals surface area (Å²) in [4.78, 5) is 18.7. The molecule has 1 amide bonds. The summed E-state index contributed by atoms with van der Waals surface area (Å²) in [5, 5.41) is 0. The Balaban J connectivity index is 2.20. The number of pyridine rings is 1. The van der Waals surface area contributed by atoms with Crippen molar-refractivity contribution in [3.8, 4) is 0 Å². The smallest absolute Gasteiger partial charge is 0.257 e. The van der Waals surface area contributed by atoms with Crippen LogP contribution in [0.25, 0.3) is 0 Å². The third-order valence-electron chi connectivity index (χ3n) is 3.77. The summed E-state index contributed by atoms with van der Waals surface area (Å²) >= 11 is 0. The van der Waals surface area contributed by atoms with E-state index in [1.807, 2.05) is 4.90 Å². The third-order valence-corrected chi connectivity index (χ3v) is 3.77. The van der Waals surface area contributed by atoms with Gasteiger partial charge in [-0.25, -0.2) is 10.8 Å². The van der Waals surface area contributed by atoms with Gasteiger partial charge in [-0.1, -0.05) is 0 Å². The van der Waals surface area contributed by atoms with Crippen molar-refractivity contribution in [2.75, 3.05) is 25.7 Å². The predicted octanol–water partition coefficient (Wildman–Crippen LogP) is 1.25. The number of rotatable bonds is 7. The van der Waals surface area contributed by atoms with E-state index in [0.29, 0.717) is 30.5 Å². The Bertz CT molecular complexity index is 462. The molecule has 1 aliphatic rings. The summed E-state index contributed by atoms with van der Waals surface area (Å²) in [6.07, 6.45) is 3.98. The van der Waals surface area contributed by atoms with E-state index in [9.17, 15) is 4.79 Å². The summed E-state index contributed by atoms with van der Waals surface area (Å²) in [6, 6.07) is 3.69. The molecule has 1 heterocycles. The van der Waals surface area contributed by atoms with Crippen LogP contribution in [0.3, 0.4) is 0 Å². The quantitative estimate of drug-likeness (QED) is 0.579. The van der Waals surface area contributed by atoms with Gasteiger partial charge in [-0.2, -0.15) is 0 Å². The van der Waals surface area contributed by atoms with Crippen molar-refractivity contribution in [2.45, 2.75) is 25.8 Å². The Hall–Kier alpha value is -1.66. The van der Waals surface area contributed by atoms with Gasteiger partial charge >= 0.3 is 0 Å². The van der Waals surface area contributed by atoms with E-state index >= 15 is 0 Å². The van der Waals surface area contributed by atoms with Crippen molar-refractivity contribution in [1.82, 2.24) is 9.88 Å². The molecule has 110 valence electrons. The molecule has 3 N–H and O–H groups in total. The first-order valence-corrected chi connectivity index (χ1v) is 6.90. The monoisotopic (exact) mass is 278 g/mol. The molecule has 1 fully saturated rings. The average molecular weight is 278 g/mol. The van der Waals surface area contributed by atoms with Crippen molar-refractivity contribution in [3.05, 3.63) is 23.9 Å². The van der Waals surface area contributed by atoms with Gasteiger partial charge in [0.05, 0.1) is 12.2 Å². The first kappa shape index (κ1) is 14.7. The Morgan fingerprint density at radius 3 is 3.00 bits per heavy atom. The lowest BCUT2D eigenvalue weighted by molar-refractivity contribution is 0.0595. The first-order valence-electron chi connectivity index (χ1n) is 6.90. The number of methoxy groups -OCH3 is 1. The van der Waals surface area contributed by atoms with Crippen LogP contribution in [0, 0.1) is 5.92 Å². The zero-order chi connectivity index (χ0) is 14.5. The number of carbonyl (C=O) groups excluding carboxylic acids is 1. The lowest BCUT2D eigenvalue weighted by Crippen LogP contribution is -2.42. The molecular formula is C14H22N4O2. The molecule has 1 aliphatic carbocycles. The minimum absolute atomic E-state index is 0.0532. The molecule has 1 aromatic heterocycles. The second kappa shape index (κ2) is 6.67. The number of carbonyl (C=O) groups is 1. The zero-order valence-electron chi connectivity index (χ0n) is 12.0. The van der Waals surface area contributed by atoms with Gasteiger partial charge in [-0.15, -0.1) is 0 Å². The van der Waals surface area contributed by atoms with E-state index in [0.717, 1.165) is 0 Å². The molecule has 6 heteroatoms. The van der Waals surface area contributed by atoms with Gasteiger partial charge in [0.1, 0.15) is 0 Å². The van der Waals surface area contributed by atoms with E-state index in [2.05, 4.69) is 17.3 Å². The Morgan fingerprint density at radius 1 is 1.65 bits per heavy atom. The number of hydrazine groups is 1. The van der Waals surface area contributed by atoms with Crippen LogP contribution in [0.1, 0.15) is 30.1 Å². The molecule has 6 nitrogen and oxygen atoms in total. The second-order valence-corrected chi connectivity index (χ2v) is 5.11. The fraction of sp³-hybridized carbons (Fsp3) is 0.571. The van der Waals surface area contributed by atoms with Crippen molar-refractivity contribution >= 4 is 11.7 Å². The number of anilines is 1. The summed E-state index contributed by atoms with van der Waals surface area (Å²) in [5.74, 6) is 6.38. The van der Waals surface area contributed by atoms with E-state index < -0.39 is 0 Å². The number of nitrogen functional groups attached to an aromatic ring is 1. The van der Waals surface area contributed by atoms with Gasteiger partial charge in [0.15, 0.2) is 5.82 Å². The predicted molar refractivity (Wildman–Crippen MR) is 77.1 cm³/mol. The fourth-order valence-corrected chi connectivity index (χ4v) is 2.36. The Kier molecular flexibility index (Phi) is 4.92. The van der Waals surface area contributed by atoms with Crippen molar-refractivity contribution in [1.29, 1.82) is 0 Å². The highest BCUT2D eigenvalue weighted by Gasteiger charge is 2.35. The molecule has 0 radical (unpaired) electrons. The van der Waals surface area contributed by atoms with Gasteiger partial charge in [0.25, 0.3) is 5.91 Å². The van der Waals surface area contributed by atoms with Gasteiger partial charge in [0, 0.05) is 25.9 Å². The Morgan fingerprint density at radius 2 is 2.40 bits per heavy atom. The summed E-state index contributed by atoms with van der Waals surface area (Å²) in [6.45, 7) is 3.19. The Labute approximate surface area is 119 Å². The van der Waals surface area contributed by atoms with Gasteiger partial charge in [-0.3, -0.25) is 4.79 Å². The fourth-order valence-electron chi connectivity index (χ4n) is 2.36. The van der Waals surface area contributed by atoms with Gasteiger partial charge < -0.3 is 15.1 Å². The van der Waals surface area contributed by atoms with Crippen molar-refractivity contribution < 1.29 is 9.53 Å². The van der Waals surface area contributed by atoms with Gasteiger partial charge in [-0.05, 0) is 37.8 Å². The topological polar surface area (TPSA) is 80.5 Å². The van der Waals surface area contributed by atoms with Gasteiger partial charge in [0.2, 0.25) is 0 Å². The van der Waals surface area contributed by atoms with E-state index in [1.165, 1.54) is 12.8 Å². The van der Waals surface area contributed by atoms with Crippen molar-refractivity contribution in [3.63, 3.8) is 0 Å². The molecule has 0 aromatic carbocycles. The first-order chi connectivity index (χ1) is 9.69. The highest BCUT2D eigenvalue weighted by molar-refractivity contribution is 5.98. The lowest BCUT2D eigenvalue weighted by atomic mass is 10.1. The maximum atomic E-state index is 12.7. The van der Waals surface area contributed by atoms with E-state index in [-0.39, 0.29) is 11.9 Å². The van der Waals surface area contributed by atoms with Crippen LogP contribution < -0.4 is 11.3 Å². The number of ether oxygens (including phenoxy) is 1. The number of hydrogen-bond acceptors (Lipinski definition) is 5. The standard InChI is InChI=1S/C14H22N4O2/c1-10(11-5-6-11)18(8-9-20-2)14(19)12-4-3-7-16-13(12)17-15/h3-4,7,10-11H,5-6,8-9,15H2,1-2H3,(H,16,17). The second-order valence-electron chi connectivity index (χ2n) is 5.11. The van der Waals surface area contributed by atoms with E-state index in [1.54, 1.807) is 25.4 Å². The van der Waals surface area contributed by atoms with Crippen LogP contribution in [-0.2, 0) is 4.74 Å². The zero-order valence-corrected chi connectivity index (χ0v) is 12.0. The normalized spacial score (nSPS) is 15.8. The minimum atomic E-state index is -0.0532. The molecule has 2 rings (SSSR count). The van der Waals surface area contributed by atoms with E-state index in [4.69, 9.17) is 10.6 Å². The molecule has 1 unspecified atom stereocenters. The maximum Gasteiger partial charge on any atom is 0.257 e. The van der Waals surface area contributed by atoms with Crippen LogP contribution in [-0.4, -0.2) is 42.1 Å². The molecule has 1 saturated carbocycles. The number of nitrogens with two attached hydrogens (primary N) is 1. The maximum absolute atomic E-state index is 12.7. The highest BCUT2D eigenvalue weighted by atomic mass is 16.5. The minimum Gasteiger partial charge on any atom is -0.383 e. The van der Waals surface area contributed by atoms with Crippen LogP contribution in [0.2, 0.25) is 0 Å². The number of nitrogens with zero attached hydrogens (tertiary/aromatic N) is 2. The average Bonchev–Trinajstić information content (AvgIpc) is 3.31. The van der Waals surface area contributed by atoms with Crippen molar-refractivity contribution in [2.24, 2.45) is 11.8 Å². The number of nitrogens with one attached hydrogen (secondary N) is 1. The number of hydrogen-bond donors (Lipinski definition) is 2. The number of amides is 1. The highest BCUT2D eigenvalue weighted by Crippen LogP contribution is 2.35.